The van der Waals surface area contributed by atoms with E-state index in [1.165, 1.54) is 7.11 Å². The zero-order valence-electron chi connectivity index (χ0n) is 15.3. The van der Waals surface area contributed by atoms with Crippen molar-refractivity contribution in [1.29, 1.82) is 0 Å². The molecular weight excluding hydrogens is 370 g/mol. The van der Waals surface area contributed by atoms with Gasteiger partial charge in [0.25, 0.3) is 0 Å². The number of amides is 1. The predicted molar refractivity (Wildman–Crippen MR) is 102 cm³/mol. The SMILES string of the molecule is COc1cc(CNC(=O)CCC(=O)O)cc(Cl)c1OCc1ccccc1C. The molecule has 2 N–H and O–H groups in total. The minimum absolute atomic E-state index is 0.0716. The van der Waals surface area contributed by atoms with Gasteiger partial charge in [0.15, 0.2) is 11.5 Å². The van der Waals surface area contributed by atoms with Gasteiger partial charge in [0.05, 0.1) is 18.6 Å². The highest BCUT2D eigenvalue weighted by Crippen LogP contribution is 2.37. The largest absolute Gasteiger partial charge is 0.493 e. The third-order valence-electron chi connectivity index (χ3n) is 3.98. The van der Waals surface area contributed by atoms with E-state index in [0.29, 0.717) is 23.1 Å². The van der Waals surface area contributed by atoms with Gasteiger partial charge in [-0.25, -0.2) is 0 Å². The number of carbonyl (C=O) groups excluding carboxylic acids is 1. The maximum absolute atomic E-state index is 11.7. The van der Waals surface area contributed by atoms with Crippen LogP contribution in [0.25, 0.3) is 0 Å². The Morgan fingerprint density at radius 1 is 1.19 bits per heavy atom. The number of hydrogen-bond acceptors (Lipinski definition) is 4. The van der Waals surface area contributed by atoms with Gasteiger partial charge in [-0.3, -0.25) is 9.59 Å². The number of ether oxygens (including phenoxy) is 2. The summed E-state index contributed by atoms with van der Waals surface area (Å²) < 4.78 is 11.2. The zero-order valence-corrected chi connectivity index (χ0v) is 16.0. The third kappa shape index (κ3) is 6.18. The Kier molecular flexibility index (Phi) is 7.49. The fourth-order valence-electron chi connectivity index (χ4n) is 2.45. The van der Waals surface area contributed by atoms with Crippen molar-refractivity contribution in [1.82, 2.24) is 5.32 Å². The Morgan fingerprint density at radius 2 is 1.93 bits per heavy atom. The molecule has 0 aliphatic rings. The van der Waals surface area contributed by atoms with E-state index in [0.717, 1.165) is 16.7 Å². The molecule has 7 heteroatoms. The number of benzene rings is 2. The van der Waals surface area contributed by atoms with Gasteiger partial charge < -0.3 is 19.9 Å². The summed E-state index contributed by atoms with van der Waals surface area (Å²) in [5, 5.41) is 11.6. The summed E-state index contributed by atoms with van der Waals surface area (Å²) in [5.41, 5.74) is 2.89. The van der Waals surface area contributed by atoms with E-state index >= 15 is 0 Å². The smallest absolute Gasteiger partial charge is 0.303 e. The Balaban J connectivity index is 2.04. The number of nitrogens with one attached hydrogen (secondary N) is 1. The van der Waals surface area contributed by atoms with E-state index in [9.17, 15) is 9.59 Å². The van der Waals surface area contributed by atoms with Crippen LogP contribution in [0.4, 0.5) is 0 Å². The number of rotatable bonds is 9. The highest BCUT2D eigenvalue weighted by Gasteiger charge is 2.14. The summed E-state index contributed by atoms with van der Waals surface area (Å²) in [5.74, 6) is -0.452. The molecule has 0 atom stereocenters. The average molecular weight is 392 g/mol. The van der Waals surface area contributed by atoms with Crippen molar-refractivity contribution in [2.75, 3.05) is 7.11 Å². The van der Waals surface area contributed by atoms with Crippen LogP contribution in [0.2, 0.25) is 5.02 Å². The van der Waals surface area contributed by atoms with Crippen LogP contribution in [0.5, 0.6) is 11.5 Å². The quantitative estimate of drug-likeness (QED) is 0.680. The molecule has 144 valence electrons. The third-order valence-corrected chi connectivity index (χ3v) is 4.26. The van der Waals surface area contributed by atoms with E-state index in [-0.39, 0.29) is 25.3 Å². The molecule has 0 aliphatic heterocycles. The Morgan fingerprint density at radius 3 is 2.59 bits per heavy atom. The molecule has 0 aliphatic carbocycles. The van der Waals surface area contributed by atoms with Crippen LogP contribution in [-0.4, -0.2) is 24.1 Å². The molecule has 0 saturated heterocycles. The second kappa shape index (κ2) is 9.83. The first-order valence-corrected chi connectivity index (χ1v) is 8.80. The van der Waals surface area contributed by atoms with Gasteiger partial charge in [0.2, 0.25) is 5.91 Å². The molecule has 6 nitrogen and oxygen atoms in total. The number of aliphatic carboxylic acids is 1. The minimum atomic E-state index is -1.01. The molecule has 2 rings (SSSR count). The van der Waals surface area contributed by atoms with Crippen molar-refractivity contribution in [2.45, 2.75) is 32.9 Å². The van der Waals surface area contributed by atoms with Crippen molar-refractivity contribution in [3.8, 4) is 11.5 Å². The molecule has 27 heavy (non-hydrogen) atoms. The maximum Gasteiger partial charge on any atom is 0.303 e. The lowest BCUT2D eigenvalue weighted by Gasteiger charge is -2.15. The van der Waals surface area contributed by atoms with Crippen LogP contribution >= 0.6 is 11.6 Å². The highest BCUT2D eigenvalue weighted by atomic mass is 35.5. The van der Waals surface area contributed by atoms with E-state index in [1.807, 2.05) is 31.2 Å². The lowest BCUT2D eigenvalue weighted by Crippen LogP contribution is -2.23. The van der Waals surface area contributed by atoms with Crippen molar-refractivity contribution in [3.63, 3.8) is 0 Å². The van der Waals surface area contributed by atoms with Crippen LogP contribution in [0.1, 0.15) is 29.5 Å². The number of halogens is 1. The molecule has 2 aromatic carbocycles. The van der Waals surface area contributed by atoms with Gasteiger partial charge in [0, 0.05) is 13.0 Å². The number of methoxy groups -OCH3 is 1. The van der Waals surface area contributed by atoms with Crippen molar-refractivity contribution in [3.05, 3.63) is 58.1 Å². The van der Waals surface area contributed by atoms with Crippen LogP contribution in [0.3, 0.4) is 0 Å². The molecule has 0 saturated carbocycles. The molecule has 0 radical (unpaired) electrons. The number of carboxylic acid groups (broad SMARTS) is 1. The number of carbonyl (C=O) groups is 2. The van der Waals surface area contributed by atoms with E-state index < -0.39 is 5.97 Å². The van der Waals surface area contributed by atoms with Gasteiger partial charge in [0.1, 0.15) is 6.61 Å². The van der Waals surface area contributed by atoms with Gasteiger partial charge in [-0.05, 0) is 35.7 Å². The first kappa shape index (κ1) is 20.6. The van der Waals surface area contributed by atoms with E-state index in [4.69, 9.17) is 26.2 Å². The van der Waals surface area contributed by atoms with Crippen molar-refractivity contribution in [2.24, 2.45) is 0 Å². The van der Waals surface area contributed by atoms with Crippen molar-refractivity contribution >= 4 is 23.5 Å². The normalized spacial score (nSPS) is 10.3. The zero-order chi connectivity index (χ0) is 19.8. The first-order chi connectivity index (χ1) is 12.9. The second-order valence-electron chi connectivity index (χ2n) is 5.99. The lowest BCUT2D eigenvalue weighted by atomic mass is 10.1. The summed E-state index contributed by atoms with van der Waals surface area (Å²) >= 11 is 6.34. The second-order valence-corrected chi connectivity index (χ2v) is 6.40. The van der Waals surface area contributed by atoms with Crippen LogP contribution in [0, 0.1) is 6.92 Å². The average Bonchev–Trinajstić information content (AvgIpc) is 2.64. The molecule has 0 unspecified atom stereocenters. The summed E-state index contributed by atoms with van der Waals surface area (Å²) in [6.07, 6.45) is -0.278. The monoisotopic (exact) mass is 391 g/mol. The molecule has 0 bridgehead atoms. The molecule has 0 fully saturated rings. The predicted octanol–water partition coefficient (Wildman–Crippen LogP) is 3.72. The molecule has 1 amide bonds. The molecule has 2 aromatic rings. The van der Waals surface area contributed by atoms with E-state index in [2.05, 4.69) is 5.32 Å². The molecular formula is C20H22ClNO5. The molecule has 0 spiro atoms. The Hall–Kier alpha value is -2.73. The van der Waals surface area contributed by atoms with Crippen LogP contribution in [0.15, 0.2) is 36.4 Å². The Bertz CT molecular complexity index is 822. The summed E-state index contributed by atoms with van der Waals surface area (Å²) in [7, 11) is 1.52. The van der Waals surface area contributed by atoms with Gasteiger partial charge >= 0.3 is 5.97 Å². The summed E-state index contributed by atoms with van der Waals surface area (Å²) in [4.78, 5) is 22.2. The highest BCUT2D eigenvalue weighted by molar-refractivity contribution is 6.32. The van der Waals surface area contributed by atoms with Gasteiger partial charge in [-0.15, -0.1) is 0 Å². The maximum atomic E-state index is 11.7. The van der Waals surface area contributed by atoms with Crippen LogP contribution in [-0.2, 0) is 22.7 Å². The topological polar surface area (TPSA) is 84.9 Å². The number of carboxylic acids is 1. The standard InChI is InChI=1S/C20H22ClNO5/c1-13-5-3-4-6-15(13)12-27-20-16(21)9-14(10-17(20)26-2)11-22-18(23)7-8-19(24)25/h3-6,9-10H,7-8,11-12H2,1-2H3,(H,22,23)(H,24,25). The summed E-state index contributed by atoms with van der Waals surface area (Å²) in [6.45, 7) is 2.58. The molecule has 0 aromatic heterocycles. The summed E-state index contributed by atoms with van der Waals surface area (Å²) in [6, 6.07) is 11.3. The van der Waals surface area contributed by atoms with Gasteiger partial charge in [-0.1, -0.05) is 35.9 Å². The fraction of sp³-hybridized carbons (Fsp3) is 0.300. The lowest BCUT2D eigenvalue weighted by molar-refractivity contribution is -0.138. The van der Waals surface area contributed by atoms with Gasteiger partial charge in [-0.2, -0.15) is 0 Å². The first-order valence-electron chi connectivity index (χ1n) is 8.43. The molecule has 0 heterocycles. The minimum Gasteiger partial charge on any atom is -0.493 e. The van der Waals surface area contributed by atoms with E-state index in [1.54, 1.807) is 12.1 Å². The number of hydrogen-bond donors (Lipinski definition) is 2. The fourth-order valence-corrected chi connectivity index (χ4v) is 2.73. The number of aryl methyl sites for hydroxylation is 1. The van der Waals surface area contributed by atoms with Crippen LogP contribution < -0.4 is 14.8 Å². The Labute approximate surface area is 163 Å². The van der Waals surface area contributed by atoms with Crippen molar-refractivity contribution < 1.29 is 24.2 Å².